The molecule has 0 N–H and O–H groups in total. The van der Waals surface area contributed by atoms with Crippen molar-refractivity contribution in [2.45, 2.75) is 32.1 Å². The molecule has 0 radical (unpaired) electrons. The summed E-state index contributed by atoms with van der Waals surface area (Å²) in [5.41, 5.74) is 1.46. The van der Waals surface area contributed by atoms with Gasteiger partial charge in [-0.1, -0.05) is 18.9 Å². The highest BCUT2D eigenvalue weighted by atomic mass is 16.5. The number of amides is 2. The minimum Gasteiger partial charge on any atom is -0.493 e. The minimum atomic E-state index is -0.0234. The predicted molar refractivity (Wildman–Crippen MR) is 121 cm³/mol. The van der Waals surface area contributed by atoms with Crippen molar-refractivity contribution in [1.29, 1.82) is 0 Å². The van der Waals surface area contributed by atoms with Crippen molar-refractivity contribution in [3.8, 4) is 11.5 Å². The summed E-state index contributed by atoms with van der Waals surface area (Å²) in [4.78, 5) is 31.8. The number of likely N-dealkylation sites (tertiary alicyclic amines) is 1. The SMILES string of the molecule is C=CCc1cc(C(=O)N2CCN(CC(=O)N3CCCCCC3)CC2)cc(OC)c1OC. The standard InChI is InChI=1S/C24H35N3O4/c1-4-9-19-16-20(17-21(30-2)23(19)31-3)24(29)27-14-12-25(13-15-27)18-22(28)26-10-7-5-6-8-11-26/h4,16-17H,1,5-15,18H2,2-3H3. The van der Waals surface area contributed by atoms with E-state index in [1.165, 1.54) is 12.8 Å². The average molecular weight is 430 g/mol. The molecule has 2 aliphatic heterocycles. The fourth-order valence-electron chi connectivity index (χ4n) is 4.38. The lowest BCUT2D eigenvalue weighted by Gasteiger charge is -2.35. The molecule has 2 amide bonds. The van der Waals surface area contributed by atoms with E-state index in [9.17, 15) is 9.59 Å². The number of nitrogens with zero attached hydrogens (tertiary/aromatic N) is 3. The van der Waals surface area contributed by atoms with E-state index in [0.717, 1.165) is 31.5 Å². The molecule has 170 valence electrons. The van der Waals surface area contributed by atoms with Gasteiger partial charge in [0.15, 0.2) is 11.5 Å². The Morgan fingerprint density at radius 3 is 2.19 bits per heavy atom. The maximum absolute atomic E-state index is 13.1. The van der Waals surface area contributed by atoms with Gasteiger partial charge < -0.3 is 19.3 Å². The van der Waals surface area contributed by atoms with Crippen molar-refractivity contribution >= 4 is 11.8 Å². The number of methoxy groups -OCH3 is 2. The Morgan fingerprint density at radius 1 is 0.935 bits per heavy atom. The molecule has 1 aromatic rings. The summed E-state index contributed by atoms with van der Waals surface area (Å²) >= 11 is 0. The second-order valence-corrected chi connectivity index (χ2v) is 8.23. The summed E-state index contributed by atoms with van der Waals surface area (Å²) in [6, 6.07) is 3.60. The summed E-state index contributed by atoms with van der Waals surface area (Å²) in [7, 11) is 3.17. The third kappa shape index (κ3) is 5.79. The molecule has 7 heteroatoms. The Hall–Kier alpha value is -2.54. The lowest BCUT2D eigenvalue weighted by molar-refractivity contribution is -0.132. The Bertz CT molecular complexity index is 779. The normalized spacial score (nSPS) is 17.7. The second kappa shape index (κ2) is 11.2. The van der Waals surface area contributed by atoms with E-state index >= 15 is 0 Å². The highest BCUT2D eigenvalue weighted by Gasteiger charge is 2.26. The molecule has 2 aliphatic rings. The van der Waals surface area contributed by atoms with Crippen molar-refractivity contribution in [3.05, 3.63) is 35.9 Å². The first-order valence-corrected chi connectivity index (χ1v) is 11.2. The third-order valence-corrected chi connectivity index (χ3v) is 6.14. The number of piperazine rings is 1. The van der Waals surface area contributed by atoms with Gasteiger partial charge in [0, 0.05) is 50.4 Å². The van der Waals surface area contributed by atoms with Gasteiger partial charge in [0.1, 0.15) is 0 Å². The first-order chi connectivity index (χ1) is 15.1. The van der Waals surface area contributed by atoms with Gasteiger partial charge in [0.2, 0.25) is 5.91 Å². The largest absolute Gasteiger partial charge is 0.493 e. The highest BCUT2D eigenvalue weighted by Crippen LogP contribution is 2.33. The number of ether oxygens (including phenoxy) is 2. The molecule has 1 aromatic carbocycles. The smallest absolute Gasteiger partial charge is 0.254 e. The van der Waals surface area contributed by atoms with Gasteiger partial charge in [-0.25, -0.2) is 0 Å². The molecule has 0 unspecified atom stereocenters. The molecule has 2 heterocycles. The van der Waals surface area contributed by atoms with Crippen LogP contribution in [0.2, 0.25) is 0 Å². The van der Waals surface area contributed by atoms with Crippen LogP contribution in [0.5, 0.6) is 11.5 Å². The Labute approximate surface area is 185 Å². The second-order valence-electron chi connectivity index (χ2n) is 8.23. The summed E-state index contributed by atoms with van der Waals surface area (Å²) in [6.45, 7) is 8.63. The van der Waals surface area contributed by atoms with Gasteiger partial charge in [0.05, 0.1) is 20.8 Å². The molecule has 0 atom stereocenters. The summed E-state index contributed by atoms with van der Waals surface area (Å²) in [5.74, 6) is 1.38. The fraction of sp³-hybridized carbons (Fsp3) is 0.583. The van der Waals surface area contributed by atoms with Crippen molar-refractivity contribution in [1.82, 2.24) is 14.7 Å². The molecule has 31 heavy (non-hydrogen) atoms. The highest BCUT2D eigenvalue weighted by molar-refractivity contribution is 5.95. The number of carbonyl (C=O) groups is 2. The number of hydrogen-bond donors (Lipinski definition) is 0. The Balaban J connectivity index is 1.60. The monoisotopic (exact) mass is 429 g/mol. The zero-order valence-electron chi connectivity index (χ0n) is 18.9. The molecule has 0 aromatic heterocycles. The maximum atomic E-state index is 13.1. The quantitative estimate of drug-likeness (QED) is 0.624. The van der Waals surface area contributed by atoms with Crippen LogP contribution >= 0.6 is 0 Å². The summed E-state index contributed by atoms with van der Waals surface area (Å²) < 4.78 is 10.9. The Kier molecular flexibility index (Phi) is 8.35. The van der Waals surface area contributed by atoms with Gasteiger partial charge in [-0.2, -0.15) is 0 Å². The first kappa shape index (κ1) is 23.1. The Morgan fingerprint density at radius 2 is 1.61 bits per heavy atom. The summed E-state index contributed by atoms with van der Waals surface area (Å²) in [5, 5.41) is 0. The van der Waals surface area contributed by atoms with Crippen LogP contribution in [0.25, 0.3) is 0 Å². The molecule has 0 bridgehead atoms. The molecule has 0 spiro atoms. The molecular weight excluding hydrogens is 394 g/mol. The van der Waals surface area contributed by atoms with Crippen LogP contribution in [0.3, 0.4) is 0 Å². The van der Waals surface area contributed by atoms with Crippen LogP contribution in [-0.2, 0) is 11.2 Å². The molecule has 2 fully saturated rings. The van der Waals surface area contributed by atoms with Gasteiger partial charge >= 0.3 is 0 Å². The van der Waals surface area contributed by atoms with Crippen LogP contribution in [-0.4, -0.2) is 86.5 Å². The van der Waals surface area contributed by atoms with Crippen LogP contribution in [0, 0.1) is 0 Å². The van der Waals surface area contributed by atoms with Crippen molar-refractivity contribution in [2.24, 2.45) is 0 Å². The maximum Gasteiger partial charge on any atom is 0.254 e. The molecule has 2 saturated heterocycles. The zero-order chi connectivity index (χ0) is 22.2. The van der Waals surface area contributed by atoms with E-state index < -0.39 is 0 Å². The van der Waals surface area contributed by atoms with Crippen LogP contribution in [0.1, 0.15) is 41.6 Å². The molecule has 3 rings (SSSR count). The number of carbonyl (C=O) groups excluding carboxylic acids is 2. The van der Waals surface area contributed by atoms with Gasteiger partial charge in [-0.15, -0.1) is 6.58 Å². The zero-order valence-corrected chi connectivity index (χ0v) is 18.9. The summed E-state index contributed by atoms with van der Waals surface area (Å²) in [6.07, 6.45) is 7.02. The molecule has 0 saturated carbocycles. The molecular formula is C24H35N3O4. The van der Waals surface area contributed by atoms with Crippen LogP contribution < -0.4 is 9.47 Å². The van der Waals surface area contributed by atoms with Gasteiger partial charge in [0.25, 0.3) is 5.91 Å². The molecule has 0 aliphatic carbocycles. The number of rotatable bonds is 7. The fourth-order valence-corrected chi connectivity index (χ4v) is 4.38. The van der Waals surface area contributed by atoms with E-state index in [-0.39, 0.29) is 11.8 Å². The van der Waals surface area contributed by atoms with E-state index in [1.807, 2.05) is 15.9 Å². The van der Waals surface area contributed by atoms with E-state index in [4.69, 9.17) is 9.47 Å². The van der Waals surface area contributed by atoms with Crippen LogP contribution in [0.4, 0.5) is 0 Å². The number of allylic oxidation sites excluding steroid dienone is 1. The third-order valence-electron chi connectivity index (χ3n) is 6.14. The molecule has 7 nitrogen and oxygen atoms in total. The van der Waals surface area contributed by atoms with Crippen molar-refractivity contribution < 1.29 is 19.1 Å². The van der Waals surface area contributed by atoms with Crippen molar-refractivity contribution in [3.63, 3.8) is 0 Å². The van der Waals surface area contributed by atoms with Crippen molar-refractivity contribution in [2.75, 3.05) is 60.0 Å². The van der Waals surface area contributed by atoms with Gasteiger partial charge in [-0.05, 0) is 31.4 Å². The topological polar surface area (TPSA) is 62.3 Å². The predicted octanol–water partition coefficient (Wildman–Crippen LogP) is 2.59. The number of hydrogen-bond acceptors (Lipinski definition) is 5. The lowest BCUT2D eigenvalue weighted by atomic mass is 10.0. The van der Waals surface area contributed by atoms with Gasteiger partial charge in [-0.3, -0.25) is 14.5 Å². The number of benzene rings is 1. The van der Waals surface area contributed by atoms with Crippen LogP contribution in [0.15, 0.2) is 24.8 Å². The van der Waals surface area contributed by atoms with E-state index in [1.54, 1.807) is 26.4 Å². The first-order valence-electron chi connectivity index (χ1n) is 11.2. The lowest BCUT2D eigenvalue weighted by Crippen LogP contribution is -2.51. The average Bonchev–Trinajstić information content (AvgIpc) is 3.08. The van der Waals surface area contributed by atoms with E-state index in [2.05, 4.69) is 11.5 Å². The van der Waals surface area contributed by atoms with E-state index in [0.29, 0.717) is 56.2 Å². The minimum absolute atomic E-state index is 0.0234.